The number of nitrogens with zero attached hydrogens (tertiary/aromatic N) is 3. The number of benzene rings is 1. The zero-order valence-electron chi connectivity index (χ0n) is 11.7. The Balaban J connectivity index is 2.19. The van der Waals surface area contributed by atoms with E-state index >= 15 is 0 Å². The van der Waals surface area contributed by atoms with E-state index in [0.29, 0.717) is 19.5 Å². The van der Waals surface area contributed by atoms with Gasteiger partial charge in [-0.3, -0.25) is 0 Å². The zero-order chi connectivity index (χ0) is 14.0. The summed E-state index contributed by atoms with van der Waals surface area (Å²) < 4.78 is 0. The van der Waals surface area contributed by atoms with E-state index in [0.717, 1.165) is 0 Å². The molecule has 1 aliphatic rings. The maximum atomic E-state index is 12.1. The average molecular weight is 257 g/mol. The van der Waals surface area contributed by atoms with Crippen molar-refractivity contribution in [3.63, 3.8) is 0 Å². The molecule has 0 aliphatic carbocycles. The molecule has 0 N–H and O–H groups in total. The monoisotopic (exact) mass is 257 g/mol. The molecule has 0 spiro atoms. The third kappa shape index (κ3) is 2.55. The second-order valence-electron chi connectivity index (χ2n) is 5.11. The molecule has 0 aromatic heterocycles. The van der Waals surface area contributed by atoms with Crippen LogP contribution in [0.4, 0.5) is 4.79 Å². The lowest BCUT2D eigenvalue weighted by atomic mass is 10.0. The van der Waals surface area contributed by atoms with Gasteiger partial charge in [0.05, 0.1) is 18.5 Å². The number of hydrogen-bond acceptors (Lipinski definition) is 2. The van der Waals surface area contributed by atoms with Crippen LogP contribution < -0.4 is 0 Å². The molecule has 2 amide bonds. The Kier molecular flexibility index (Phi) is 3.75. The number of carbonyl (C=O) groups is 1. The van der Waals surface area contributed by atoms with Gasteiger partial charge in [0.2, 0.25) is 0 Å². The van der Waals surface area contributed by atoms with Crippen LogP contribution in [0.5, 0.6) is 0 Å². The Hall–Kier alpha value is -2.02. The first-order valence-electron chi connectivity index (χ1n) is 6.50. The number of nitriles is 1. The minimum Gasteiger partial charge on any atom is -0.321 e. The zero-order valence-corrected chi connectivity index (χ0v) is 11.7. The van der Waals surface area contributed by atoms with Crippen LogP contribution in [0.1, 0.15) is 29.2 Å². The lowest BCUT2D eigenvalue weighted by Crippen LogP contribution is -2.30. The molecule has 0 saturated carbocycles. The highest BCUT2D eigenvalue weighted by Gasteiger charge is 2.35. The van der Waals surface area contributed by atoms with Crippen molar-refractivity contribution in [2.45, 2.75) is 26.3 Å². The highest BCUT2D eigenvalue weighted by atomic mass is 16.2. The van der Waals surface area contributed by atoms with Crippen molar-refractivity contribution in [1.82, 2.24) is 9.80 Å². The molecule has 0 radical (unpaired) electrons. The van der Waals surface area contributed by atoms with Crippen molar-refractivity contribution in [2.75, 3.05) is 20.1 Å². The quantitative estimate of drug-likeness (QED) is 0.835. The van der Waals surface area contributed by atoms with E-state index in [2.05, 4.69) is 38.1 Å². The van der Waals surface area contributed by atoms with Crippen LogP contribution in [-0.4, -0.2) is 36.0 Å². The number of hydrogen-bond donors (Lipinski definition) is 0. The fourth-order valence-electron chi connectivity index (χ4n) is 2.44. The second-order valence-corrected chi connectivity index (χ2v) is 5.11. The summed E-state index contributed by atoms with van der Waals surface area (Å²) >= 11 is 0. The van der Waals surface area contributed by atoms with Gasteiger partial charge in [0.25, 0.3) is 0 Å². The summed E-state index contributed by atoms with van der Waals surface area (Å²) in [5.41, 5.74) is 3.67. The Bertz CT molecular complexity index is 533. The first-order chi connectivity index (χ1) is 9.04. The van der Waals surface area contributed by atoms with Gasteiger partial charge in [0, 0.05) is 20.1 Å². The molecule has 4 heteroatoms. The average Bonchev–Trinajstić information content (AvgIpc) is 2.67. The normalized spacial score (nSPS) is 18.8. The van der Waals surface area contributed by atoms with E-state index in [9.17, 15) is 4.79 Å². The van der Waals surface area contributed by atoms with Gasteiger partial charge in [-0.25, -0.2) is 4.79 Å². The second kappa shape index (κ2) is 5.31. The van der Waals surface area contributed by atoms with Gasteiger partial charge >= 0.3 is 6.03 Å². The van der Waals surface area contributed by atoms with Crippen molar-refractivity contribution in [2.24, 2.45) is 0 Å². The molecule has 1 aromatic carbocycles. The van der Waals surface area contributed by atoms with Crippen molar-refractivity contribution in [1.29, 1.82) is 5.26 Å². The molecular weight excluding hydrogens is 238 g/mol. The maximum absolute atomic E-state index is 12.1. The topological polar surface area (TPSA) is 47.3 Å². The minimum atomic E-state index is 0.0125. The largest absolute Gasteiger partial charge is 0.321 e. The van der Waals surface area contributed by atoms with Crippen molar-refractivity contribution in [3.05, 3.63) is 34.9 Å². The van der Waals surface area contributed by atoms with Crippen molar-refractivity contribution in [3.8, 4) is 6.07 Å². The minimum absolute atomic E-state index is 0.0125. The van der Waals surface area contributed by atoms with Gasteiger partial charge in [0.15, 0.2) is 0 Å². The van der Waals surface area contributed by atoms with Crippen molar-refractivity contribution < 1.29 is 4.79 Å². The summed E-state index contributed by atoms with van der Waals surface area (Å²) in [5.74, 6) is 0. The predicted octanol–water partition coefficient (Wildman–Crippen LogP) is 2.63. The van der Waals surface area contributed by atoms with Crippen LogP contribution in [-0.2, 0) is 0 Å². The summed E-state index contributed by atoms with van der Waals surface area (Å²) in [6.45, 7) is 5.35. The summed E-state index contributed by atoms with van der Waals surface area (Å²) in [5, 5.41) is 8.63. The van der Waals surface area contributed by atoms with Crippen LogP contribution in [0, 0.1) is 25.2 Å². The van der Waals surface area contributed by atoms with Crippen LogP contribution in [0.25, 0.3) is 0 Å². The predicted molar refractivity (Wildman–Crippen MR) is 73.6 cm³/mol. The van der Waals surface area contributed by atoms with E-state index < -0.39 is 0 Å². The fourth-order valence-corrected chi connectivity index (χ4v) is 2.44. The molecule has 19 heavy (non-hydrogen) atoms. The van der Waals surface area contributed by atoms with Gasteiger partial charge < -0.3 is 9.80 Å². The van der Waals surface area contributed by atoms with E-state index in [1.165, 1.54) is 16.7 Å². The summed E-state index contributed by atoms with van der Waals surface area (Å²) in [6.07, 6.45) is 0.388. The number of aryl methyl sites for hydroxylation is 2. The van der Waals surface area contributed by atoms with Crippen molar-refractivity contribution >= 4 is 6.03 Å². The number of carbonyl (C=O) groups excluding carboxylic acids is 1. The van der Waals surface area contributed by atoms with Crippen LogP contribution >= 0.6 is 0 Å². The van der Waals surface area contributed by atoms with Gasteiger partial charge in [-0.1, -0.05) is 18.2 Å². The third-order valence-corrected chi connectivity index (χ3v) is 3.84. The summed E-state index contributed by atoms with van der Waals surface area (Å²) in [4.78, 5) is 15.6. The third-order valence-electron chi connectivity index (χ3n) is 3.84. The molecule has 1 fully saturated rings. The molecular formula is C15H19N3O. The molecule has 1 aromatic rings. The highest BCUT2D eigenvalue weighted by molar-refractivity contribution is 5.77. The van der Waals surface area contributed by atoms with Gasteiger partial charge in [-0.15, -0.1) is 0 Å². The molecule has 100 valence electrons. The Morgan fingerprint density at radius 2 is 2.11 bits per heavy atom. The first-order valence-corrected chi connectivity index (χ1v) is 6.50. The van der Waals surface area contributed by atoms with Gasteiger partial charge in [-0.05, 0) is 30.5 Å². The fraction of sp³-hybridized carbons (Fsp3) is 0.467. The highest BCUT2D eigenvalue weighted by Crippen LogP contribution is 2.29. The molecule has 1 aliphatic heterocycles. The van der Waals surface area contributed by atoms with Crippen LogP contribution in [0.2, 0.25) is 0 Å². The lowest BCUT2D eigenvalue weighted by molar-refractivity contribution is 0.196. The maximum Gasteiger partial charge on any atom is 0.320 e. The van der Waals surface area contributed by atoms with E-state index in [1.54, 1.807) is 9.80 Å². The molecule has 0 bridgehead atoms. The Morgan fingerprint density at radius 3 is 2.74 bits per heavy atom. The molecule has 1 heterocycles. The number of likely N-dealkylation sites (N-methyl/N-ethyl adjacent to an activating group) is 1. The van der Waals surface area contributed by atoms with E-state index in [4.69, 9.17) is 5.26 Å². The standard InChI is InChI=1S/C15H19N3O/c1-11-5-6-13(9-12(11)2)14-10-18(8-4-7-16)15(19)17(14)3/h5-6,9,14H,4,8,10H2,1-3H3. The summed E-state index contributed by atoms with van der Waals surface area (Å²) in [6, 6.07) is 8.53. The number of rotatable bonds is 3. The first kappa shape index (κ1) is 13.4. The Morgan fingerprint density at radius 1 is 1.37 bits per heavy atom. The van der Waals surface area contributed by atoms with Crippen LogP contribution in [0.15, 0.2) is 18.2 Å². The van der Waals surface area contributed by atoms with Crippen LogP contribution in [0.3, 0.4) is 0 Å². The smallest absolute Gasteiger partial charge is 0.320 e. The van der Waals surface area contributed by atoms with E-state index in [1.807, 2.05) is 7.05 Å². The lowest BCUT2D eigenvalue weighted by Gasteiger charge is -2.19. The molecule has 1 saturated heterocycles. The van der Waals surface area contributed by atoms with Gasteiger partial charge in [0.1, 0.15) is 0 Å². The molecule has 1 unspecified atom stereocenters. The molecule has 2 rings (SSSR count). The molecule has 4 nitrogen and oxygen atoms in total. The summed E-state index contributed by atoms with van der Waals surface area (Å²) in [7, 11) is 1.83. The number of amides is 2. The van der Waals surface area contributed by atoms with E-state index in [-0.39, 0.29) is 12.1 Å². The van der Waals surface area contributed by atoms with Gasteiger partial charge in [-0.2, -0.15) is 5.26 Å². The Labute approximate surface area is 114 Å². The SMILES string of the molecule is Cc1ccc(C2CN(CCC#N)C(=O)N2C)cc1C. The number of urea groups is 1. The molecule has 1 atom stereocenters.